The molecule has 1 heterocycles. The molecule has 2 fully saturated rings. The zero-order chi connectivity index (χ0) is 18.2. The predicted octanol–water partition coefficient (Wildman–Crippen LogP) is 2.54. The van der Waals surface area contributed by atoms with Gasteiger partial charge in [0.05, 0.1) is 12.5 Å². The van der Waals surface area contributed by atoms with Crippen molar-refractivity contribution < 1.29 is 14.3 Å². The van der Waals surface area contributed by atoms with Crippen molar-refractivity contribution in [1.82, 2.24) is 10.2 Å². The summed E-state index contributed by atoms with van der Waals surface area (Å²) >= 11 is 0. The number of carbonyl (C=O) groups excluding carboxylic acids is 2. The second kappa shape index (κ2) is 9.72. The quantitative estimate of drug-likeness (QED) is 0.903. The van der Waals surface area contributed by atoms with E-state index in [-0.39, 0.29) is 23.8 Å². The Kier molecular flexibility index (Phi) is 7.06. The van der Waals surface area contributed by atoms with E-state index < -0.39 is 0 Å². The van der Waals surface area contributed by atoms with Gasteiger partial charge in [-0.15, -0.1) is 0 Å². The molecule has 0 bridgehead atoms. The van der Waals surface area contributed by atoms with Gasteiger partial charge in [-0.2, -0.15) is 0 Å². The molecule has 1 aliphatic heterocycles. The summed E-state index contributed by atoms with van der Waals surface area (Å²) in [7, 11) is 0. The van der Waals surface area contributed by atoms with Gasteiger partial charge in [0.1, 0.15) is 0 Å². The number of fused-ring (bicyclic) bond motifs is 1. The van der Waals surface area contributed by atoms with Crippen molar-refractivity contribution in [1.29, 1.82) is 0 Å². The largest absolute Gasteiger partial charge is 0.380 e. The lowest BCUT2D eigenvalue weighted by Crippen LogP contribution is -2.51. The van der Waals surface area contributed by atoms with Gasteiger partial charge in [-0.3, -0.25) is 9.59 Å². The van der Waals surface area contributed by atoms with Gasteiger partial charge in [0.15, 0.2) is 0 Å². The van der Waals surface area contributed by atoms with Crippen LogP contribution < -0.4 is 5.32 Å². The minimum atomic E-state index is -0.0810. The molecule has 0 radical (unpaired) electrons. The fourth-order valence-electron chi connectivity index (χ4n) is 4.12. The van der Waals surface area contributed by atoms with Crippen LogP contribution >= 0.6 is 0 Å². The van der Waals surface area contributed by atoms with Gasteiger partial charge in [0, 0.05) is 32.2 Å². The first-order chi connectivity index (χ1) is 12.8. The van der Waals surface area contributed by atoms with Gasteiger partial charge < -0.3 is 15.0 Å². The van der Waals surface area contributed by atoms with E-state index in [9.17, 15) is 9.59 Å². The lowest BCUT2D eigenvalue weighted by Gasteiger charge is -2.39. The van der Waals surface area contributed by atoms with Crippen molar-refractivity contribution in [2.45, 2.75) is 51.0 Å². The smallest absolute Gasteiger partial charge is 0.225 e. The first-order valence-electron chi connectivity index (χ1n) is 9.94. The Morgan fingerprint density at radius 3 is 2.77 bits per heavy atom. The van der Waals surface area contributed by atoms with Gasteiger partial charge in [-0.05, 0) is 31.2 Å². The van der Waals surface area contributed by atoms with Crippen LogP contribution in [0.4, 0.5) is 0 Å². The average Bonchev–Trinajstić information content (AvgIpc) is 2.72. The van der Waals surface area contributed by atoms with Crippen LogP contribution in [-0.4, -0.2) is 49.1 Å². The molecule has 5 heteroatoms. The van der Waals surface area contributed by atoms with E-state index in [4.69, 9.17) is 4.74 Å². The van der Waals surface area contributed by atoms with Crippen LogP contribution in [0.3, 0.4) is 0 Å². The molecule has 0 spiro atoms. The molecule has 1 aromatic carbocycles. The molecular formula is C21H30N2O3. The first-order valence-corrected chi connectivity index (χ1v) is 9.94. The summed E-state index contributed by atoms with van der Waals surface area (Å²) in [6.07, 6.45) is 6.03. The molecule has 2 aliphatic rings. The lowest BCUT2D eigenvalue weighted by molar-refractivity contribution is -0.138. The molecule has 26 heavy (non-hydrogen) atoms. The van der Waals surface area contributed by atoms with Crippen molar-refractivity contribution in [3.8, 4) is 0 Å². The number of hydrogen-bond acceptors (Lipinski definition) is 3. The second-order valence-electron chi connectivity index (χ2n) is 7.29. The number of nitrogens with zero attached hydrogens (tertiary/aromatic N) is 1. The van der Waals surface area contributed by atoms with Crippen molar-refractivity contribution >= 4 is 11.8 Å². The monoisotopic (exact) mass is 358 g/mol. The highest BCUT2D eigenvalue weighted by atomic mass is 16.5. The Bertz CT molecular complexity index is 590. The molecule has 1 saturated heterocycles. The summed E-state index contributed by atoms with van der Waals surface area (Å²) in [6, 6.07) is 10.2. The average molecular weight is 358 g/mol. The molecule has 1 N–H and O–H groups in total. The third-order valence-corrected chi connectivity index (χ3v) is 5.49. The Labute approximate surface area is 156 Å². The summed E-state index contributed by atoms with van der Waals surface area (Å²) in [5.41, 5.74) is 1.18. The number of carbonyl (C=O) groups is 2. The van der Waals surface area contributed by atoms with E-state index >= 15 is 0 Å². The van der Waals surface area contributed by atoms with Crippen LogP contribution in [0, 0.1) is 5.92 Å². The minimum Gasteiger partial charge on any atom is -0.380 e. The van der Waals surface area contributed by atoms with E-state index in [1.54, 1.807) is 0 Å². The van der Waals surface area contributed by atoms with Gasteiger partial charge in [-0.25, -0.2) is 0 Å². The predicted molar refractivity (Wildman–Crippen MR) is 101 cm³/mol. The Hall–Kier alpha value is -1.88. The number of nitrogens with one attached hydrogen (secondary N) is 1. The number of aryl methyl sites for hydroxylation is 1. The van der Waals surface area contributed by atoms with E-state index in [2.05, 4.69) is 17.4 Å². The van der Waals surface area contributed by atoms with Gasteiger partial charge in [0.2, 0.25) is 11.8 Å². The number of amides is 2. The normalized spacial score (nSPS) is 24.9. The van der Waals surface area contributed by atoms with Gasteiger partial charge in [-0.1, -0.05) is 43.2 Å². The summed E-state index contributed by atoms with van der Waals surface area (Å²) in [4.78, 5) is 27.6. The Balaban J connectivity index is 1.71. The van der Waals surface area contributed by atoms with E-state index in [1.165, 1.54) is 5.56 Å². The number of rotatable bonds is 3. The molecule has 1 aromatic rings. The minimum absolute atomic E-state index is 0.0325. The molecule has 142 valence electrons. The van der Waals surface area contributed by atoms with Gasteiger partial charge >= 0.3 is 0 Å². The zero-order valence-corrected chi connectivity index (χ0v) is 15.5. The molecular weight excluding hydrogens is 328 g/mol. The van der Waals surface area contributed by atoms with Gasteiger partial charge in [0.25, 0.3) is 0 Å². The fourth-order valence-corrected chi connectivity index (χ4v) is 4.12. The van der Waals surface area contributed by atoms with Crippen molar-refractivity contribution in [3.05, 3.63) is 35.9 Å². The molecule has 0 aromatic heterocycles. The summed E-state index contributed by atoms with van der Waals surface area (Å²) in [6.45, 7) is 2.42. The topological polar surface area (TPSA) is 58.6 Å². The highest BCUT2D eigenvalue weighted by Gasteiger charge is 2.36. The zero-order valence-electron chi connectivity index (χ0n) is 15.5. The number of ether oxygens (including phenoxy) is 1. The number of benzene rings is 1. The van der Waals surface area contributed by atoms with Crippen LogP contribution in [0.2, 0.25) is 0 Å². The summed E-state index contributed by atoms with van der Waals surface area (Å²) in [5, 5.41) is 2.99. The maximum absolute atomic E-state index is 13.0. The highest BCUT2D eigenvalue weighted by molar-refractivity contribution is 5.82. The van der Waals surface area contributed by atoms with Crippen LogP contribution in [-0.2, 0) is 20.7 Å². The number of hydrogen-bond donors (Lipinski definition) is 1. The van der Waals surface area contributed by atoms with Crippen LogP contribution in [0.1, 0.15) is 44.1 Å². The van der Waals surface area contributed by atoms with Crippen molar-refractivity contribution in [2.75, 3.05) is 26.3 Å². The van der Waals surface area contributed by atoms with Crippen molar-refractivity contribution in [3.63, 3.8) is 0 Å². The maximum Gasteiger partial charge on any atom is 0.225 e. The standard InChI is InChI=1S/C21H30N2O3/c24-20(12-11-17-7-2-1-3-8-17)23-14-6-15-26-16-13-22-21(25)18-9-4-5-10-19(18)23/h1-3,7-8,18-19H,4-6,9-16H2,(H,22,25)/t18-,19+/m1/s1. The molecule has 3 rings (SSSR count). The summed E-state index contributed by atoms with van der Waals surface area (Å²) in [5.74, 6) is 0.168. The van der Waals surface area contributed by atoms with Crippen molar-refractivity contribution in [2.24, 2.45) is 5.92 Å². The Morgan fingerprint density at radius 2 is 1.92 bits per heavy atom. The molecule has 2 amide bonds. The Morgan fingerprint density at radius 1 is 1.12 bits per heavy atom. The first kappa shape index (κ1) is 18.9. The molecule has 5 nitrogen and oxygen atoms in total. The lowest BCUT2D eigenvalue weighted by atomic mass is 9.82. The maximum atomic E-state index is 13.0. The van der Waals surface area contributed by atoms with E-state index in [0.29, 0.717) is 32.7 Å². The molecule has 1 saturated carbocycles. The van der Waals surface area contributed by atoms with E-state index in [0.717, 1.165) is 38.5 Å². The third kappa shape index (κ3) is 5.07. The SMILES string of the molecule is O=C1NCCOCCCN(C(=O)CCc2ccccc2)[C@H]2CCCC[C@@H]12. The molecule has 2 atom stereocenters. The highest BCUT2D eigenvalue weighted by Crippen LogP contribution is 2.30. The van der Waals surface area contributed by atoms with Crippen LogP contribution in [0.25, 0.3) is 0 Å². The fraction of sp³-hybridized carbons (Fsp3) is 0.619. The second-order valence-corrected chi connectivity index (χ2v) is 7.29. The molecule has 0 unspecified atom stereocenters. The van der Waals surface area contributed by atoms with E-state index in [1.807, 2.05) is 23.1 Å². The van der Waals surface area contributed by atoms with Crippen LogP contribution in [0.15, 0.2) is 30.3 Å². The van der Waals surface area contributed by atoms with Crippen LogP contribution in [0.5, 0.6) is 0 Å². The molecule has 1 aliphatic carbocycles. The third-order valence-electron chi connectivity index (χ3n) is 5.49. The summed E-state index contributed by atoms with van der Waals surface area (Å²) < 4.78 is 5.57.